The first-order chi connectivity index (χ1) is 16.8. The van der Waals surface area contributed by atoms with Crippen LogP contribution in [0.2, 0.25) is 0 Å². The van der Waals surface area contributed by atoms with Crippen molar-refractivity contribution < 1.29 is 0 Å². The Labute approximate surface area is 202 Å². The molecule has 0 radical (unpaired) electrons. The molecule has 0 amide bonds. The van der Waals surface area contributed by atoms with Crippen LogP contribution in [-0.2, 0) is 0 Å². The first-order valence-corrected chi connectivity index (χ1v) is 11.7. The monoisotopic (exact) mass is 446 g/mol. The topological polar surface area (TPSA) is 63.8 Å². The van der Waals surface area contributed by atoms with E-state index in [1.54, 1.807) is 0 Å². The molecule has 1 atom stereocenters. The van der Waals surface area contributed by atoms with Gasteiger partial charge >= 0.3 is 0 Å². The minimum atomic E-state index is -0.455. The first kappa shape index (κ1) is 23.1. The third-order valence-corrected chi connectivity index (χ3v) is 5.50. The van der Waals surface area contributed by atoms with Gasteiger partial charge in [-0.2, -0.15) is 0 Å². The molecule has 0 saturated carbocycles. The highest BCUT2D eigenvalue weighted by Gasteiger charge is 2.15. The van der Waals surface area contributed by atoms with E-state index in [4.69, 9.17) is 15.7 Å². The number of nitrogens with two attached hydrogens (primary N) is 1. The molecule has 2 aromatic carbocycles. The second-order valence-corrected chi connectivity index (χ2v) is 7.78. The van der Waals surface area contributed by atoms with E-state index >= 15 is 0 Å². The summed E-state index contributed by atoms with van der Waals surface area (Å²) in [7, 11) is 0. The molecule has 170 valence electrons. The Kier molecular flexibility index (Phi) is 7.63. The Hall–Kier alpha value is -4.02. The van der Waals surface area contributed by atoms with Gasteiger partial charge in [0.2, 0.25) is 0 Å². The van der Waals surface area contributed by atoms with Crippen LogP contribution in [0.1, 0.15) is 32.1 Å². The van der Waals surface area contributed by atoms with E-state index in [2.05, 4.69) is 60.0 Å². The van der Waals surface area contributed by atoms with Crippen molar-refractivity contribution in [1.82, 2.24) is 15.3 Å². The van der Waals surface area contributed by atoms with Gasteiger partial charge < -0.3 is 11.1 Å². The molecule has 2 aliphatic rings. The molecule has 2 heterocycles. The van der Waals surface area contributed by atoms with Gasteiger partial charge in [0.05, 0.1) is 17.4 Å². The zero-order valence-electron chi connectivity index (χ0n) is 19.6. The maximum Gasteiger partial charge on any atom is 0.150 e. The van der Waals surface area contributed by atoms with Gasteiger partial charge in [0, 0.05) is 23.0 Å². The van der Waals surface area contributed by atoms with Crippen LogP contribution in [0.15, 0.2) is 126 Å². The fraction of sp³-hybridized carbons (Fsp3) is 0.133. The molecule has 1 unspecified atom stereocenters. The van der Waals surface area contributed by atoms with Gasteiger partial charge in [0.25, 0.3) is 0 Å². The smallest absolute Gasteiger partial charge is 0.150 e. The Morgan fingerprint density at radius 3 is 2.12 bits per heavy atom. The normalized spacial score (nSPS) is 16.3. The van der Waals surface area contributed by atoms with E-state index in [9.17, 15) is 0 Å². The molecule has 1 aromatic heterocycles. The number of rotatable bonds is 4. The molecule has 34 heavy (non-hydrogen) atoms. The van der Waals surface area contributed by atoms with Crippen LogP contribution in [0.5, 0.6) is 0 Å². The summed E-state index contributed by atoms with van der Waals surface area (Å²) < 4.78 is 0. The maximum atomic E-state index is 6.60. The van der Waals surface area contributed by atoms with E-state index in [0.717, 1.165) is 34.6 Å². The molecule has 5 rings (SSSR count). The van der Waals surface area contributed by atoms with Crippen molar-refractivity contribution in [2.75, 3.05) is 0 Å². The SMILES string of the molecule is CC.NC(/C=C1/C=C2C=CC=CCC2=CN1)c1nc(-c2ccccc2)cc(-c2ccccc2)n1. The molecule has 0 fully saturated rings. The summed E-state index contributed by atoms with van der Waals surface area (Å²) in [6, 6.07) is 21.8. The van der Waals surface area contributed by atoms with Crippen molar-refractivity contribution in [3.05, 3.63) is 132 Å². The Morgan fingerprint density at radius 1 is 0.882 bits per heavy atom. The van der Waals surface area contributed by atoms with Gasteiger partial charge in [0.15, 0.2) is 0 Å². The van der Waals surface area contributed by atoms with Crippen LogP contribution in [0.4, 0.5) is 0 Å². The minimum Gasteiger partial charge on any atom is -0.362 e. The van der Waals surface area contributed by atoms with E-state index in [0.29, 0.717) is 5.82 Å². The number of dihydropyridines is 1. The highest BCUT2D eigenvalue weighted by Crippen LogP contribution is 2.27. The van der Waals surface area contributed by atoms with Crippen molar-refractivity contribution in [3.63, 3.8) is 0 Å². The summed E-state index contributed by atoms with van der Waals surface area (Å²) in [6.07, 6.45) is 15.5. The standard InChI is InChI=1S/C28H24N4.C2H6/c29-25(17-24-16-22-14-8-3-9-15-23(22)19-30-24)28-31-26(20-10-4-1-5-11-20)18-27(32-28)21-12-6-2-7-13-21;1-2/h1-14,16-19,25,30H,15,29H2;1-2H3/b24-17-;. The summed E-state index contributed by atoms with van der Waals surface area (Å²) in [4.78, 5) is 9.64. The zero-order chi connectivity index (χ0) is 23.8. The van der Waals surface area contributed by atoms with E-state index in [-0.39, 0.29) is 0 Å². The quantitative estimate of drug-likeness (QED) is 0.471. The maximum absolute atomic E-state index is 6.60. The van der Waals surface area contributed by atoms with Gasteiger partial charge in [-0.05, 0) is 35.8 Å². The van der Waals surface area contributed by atoms with Crippen molar-refractivity contribution in [3.8, 4) is 22.5 Å². The fourth-order valence-corrected chi connectivity index (χ4v) is 3.81. The number of hydrogen-bond acceptors (Lipinski definition) is 4. The zero-order valence-corrected chi connectivity index (χ0v) is 19.6. The van der Waals surface area contributed by atoms with Crippen LogP contribution in [-0.4, -0.2) is 9.97 Å². The minimum absolute atomic E-state index is 0.455. The first-order valence-electron chi connectivity index (χ1n) is 11.7. The fourth-order valence-electron chi connectivity index (χ4n) is 3.81. The number of aromatic nitrogens is 2. The number of allylic oxidation sites excluding steroid dienone is 7. The molecular formula is C30H30N4. The van der Waals surface area contributed by atoms with Gasteiger partial charge in [-0.15, -0.1) is 0 Å². The molecule has 1 aliphatic heterocycles. The molecule has 4 heteroatoms. The third kappa shape index (κ3) is 5.48. The lowest BCUT2D eigenvalue weighted by molar-refractivity contribution is 0.799. The highest BCUT2D eigenvalue weighted by molar-refractivity contribution is 5.68. The summed E-state index contributed by atoms with van der Waals surface area (Å²) >= 11 is 0. The van der Waals surface area contributed by atoms with Gasteiger partial charge in [0.1, 0.15) is 5.82 Å². The van der Waals surface area contributed by atoms with Crippen molar-refractivity contribution >= 4 is 0 Å². The molecule has 3 N–H and O–H groups in total. The predicted molar refractivity (Wildman–Crippen MR) is 141 cm³/mol. The second kappa shape index (κ2) is 11.2. The molecule has 1 aliphatic carbocycles. The molecular weight excluding hydrogens is 416 g/mol. The lowest BCUT2D eigenvalue weighted by atomic mass is 10.0. The van der Waals surface area contributed by atoms with Gasteiger partial charge in [-0.25, -0.2) is 9.97 Å². The van der Waals surface area contributed by atoms with E-state index in [1.165, 1.54) is 11.1 Å². The number of benzene rings is 2. The van der Waals surface area contributed by atoms with E-state index < -0.39 is 6.04 Å². The number of nitrogens with zero attached hydrogens (tertiary/aromatic N) is 2. The number of hydrogen-bond donors (Lipinski definition) is 2. The number of nitrogens with one attached hydrogen (secondary N) is 1. The van der Waals surface area contributed by atoms with Crippen molar-refractivity contribution in [1.29, 1.82) is 0 Å². The Morgan fingerprint density at radius 2 is 1.50 bits per heavy atom. The Balaban J connectivity index is 0.00000133. The van der Waals surface area contributed by atoms with Gasteiger partial charge in [-0.1, -0.05) is 98.8 Å². The molecule has 0 bridgehead atoms. The number of fused-ring (bicyclic) bond motifs is 1. The molecule has 0 saturated heterocycles. The summed E-state index contributed by atoms with van der Waals surface area (Å²) in [5, 5.41) is 3.36. The van der Waals surface area contributed by atoms with Crippen LogP contribution >= 0.6 is 0 Å². The van der Waals surface area contributed by atoms with Crippen molar-refractivity contribution in [2.24, 2.45) is 5.73 Å². The largest absolute Gasteiger partial charge is 0.362 e. The second-order valence-electron chi connectivity index (χ2n) is 7.78. The van der Waals surface area contributed by atoms with Crippen LogP contribution in [0, 0.1) is 0 Å². The highest BCUT2D eigenvalue weighted by atomic mass is 14.9. The summed E-state index contributed by atoms with van der Waals surface area (Å²) in [6.45, 7) is 4.00. The summed E-state index contributed by atoms with van der Waals surface area (Å²) in [5.41, 5.74) is 13.8. The lowest BCUT2D eigenvalue weighted by Gasteiger charge is -2.17. The van der Waals surface area contributed by atoms with Crippen LogP contribution in [0.3, 0.4) is 0 Å². The average molecular weight is 447 g/mol. The molecule has 3 aromatic rings. The lowest BCUT2D eigenvalue weighted by Crippen LogP contribution is -2.17. The predicted octanol–water partition coefficient (Wildman–Crippen LogP) is 6.65. The third-order valence-electron chi connectivity index (χ3n) is 5.50. The average Bonchev–Trinajstić information content (AvgIpc) is 3.16. The van der Waals surface area contributed by atoms with E-state index in [1.807, 2.05) is 68.6 Å². The van der Waals surface area contributed by atoms with Crippen LogP contribution < -0.4 is 11.1 Å². The van der Waals surface area contributed by atoms with Crippen molar-refractivity contribution in [2.45, 2.75) is 26.3 Å². The van der Waals surface area contributed by atoms with Gasteiger partial charge in [-0.3, -0.25) is 0 Å². The molecule has 4 nitrogen and oxygen atoms in total. The molecule has 0 spiro atoms. The van der Waals surface area contributed by atoms with Crippen LogP contribution in [0.25, 0.3) is 22.5 Å². The summed E-state index contributed by atoms with van der Waals surface area (Å²) in [5.74, 6) is 0.589. The Bertz CT molecular complexity index is 1210.